The summed E-state index contributed by atoms with van der Waals surface area (Å²) in [6, 6.07) is 2.22. The molecule has 0 N–H and O–H groups in total. The van der Waals surface area contributed by atoms with Gasteiger partial charge in [-0.05, 0) is 45.4 Å². The fraction of sp³-hybridized carbons (Fsp3) is 0.636. The van der Waals surface area contributed by atoms with Crippen LogP contribution in [-0.4, -0.2) is 21.5 Å². The SMILES string of the molecule is CC(C(=O)CCCc1nc2cc(F)c(F)cc2n1C1(C)CCC1)C1(C(F)(F)F)CC1. The minimum absolute atomic E-state index is 0.00862. The zero-order valence-electron chi connectivity index (χ0n) is 17.1. The third-order valence-corrected chi connectivity index (χ3v) is 7.23. The van der Waals surface area contributed by atoms with Crippen molar-refractivity contribution in [1.29, 1.82) is 0 Å². The normalized spacial score (nSPS) is 20.8. The predicted octanol–water partition coefficient (Wildman–Crippen LogP) is 6.08. The summed E-state index contributed by atoms with van der Waals surface area (Å²) in [5, 5.41) is 0. The van der Waals surface area contributed by atoms with Crippen LogP contribution in [0.25, 0.3) is 11.0 Å². The van der Waals surface area contributed by atoms with Gasteiger partial charge in [0.05, 0.1) is 16.4 Å². The molecule has 4 rings (SSSR count). The van der Waals surface area contributed by atoms with Crippen molar-refractivity contribution in [1.82, 2.24) is 9.55 Å². The van der Waals surface area contributed by atoms with Crippen LogP contribution in [0.1, 0.15) is 64.6 Å². The maximum Gasteiger partial charge on any atom is 0.395 e. The Morgan fingerprint density at radius 2 is 1.80 bits per heavy atom. The average Bonchev–Trinajstić information content (AvgIpc) is 3.39. The number of imidazole rings is 1. The zero-order valence-corrected chi connectivity index (χ0v) is 17.1. The number of hydrogen-bond donors (Lipinski definition) is 0. The van der Waals surface area contributed by atoms with Gasteiger partial charge in [-0.25, -0.2) is 13.8 Å². The molecular formula is C22H25F5N2O. The first kappa shape index (κ1) is 21.2. The second-order valence-corrected chi connectivity index (χ2v) is 9.16. The minimum Gasteiger partial charge on any atom is -0.322 e. The van der Waals surface area contributed by atoms with E-state index >= 15 is 0 Å². The molecule has 0 bridgehead atoms. The lowest BCUT2D eigenvalue weighted by molar-refractivity contribution is -0.202. The van der Waals surface area contributed by atoms with Gasteiger partial charge in [0, 0.05) is 36.4 Å². The molecule has 0 radical (unpaired) electrons. The smallest absolute Gasteiger partial charge is 0.322 e. The van der Waals surface area contributed by atoms with Crippen LogP contribution in [0.4, 0.5) is 22.0 Å². The fourth-order valence-corrected chi connectivity index (χ4v) is 4.85. The maximum absolute atomic E-state index is 13.9. The summed E-state index contributed by atoms with van der Waals surface area (Å²) in [5.41, 5.74) is -1.24. The van der Waals surface area contributed by atoms with Gasteiger partial charge in [0.25, 0.3) is 0 Å². The van der Waals surface area contributed by atoms with E-state index in [0.29, 0.717) is 29.7 Å². The number of Topliss-reactive ketones (excluding diaryl/α,β-unsaturated/α-hetero) is 1. The molecule has 164 valence electrons. The van der Waals surface area contributed by atoms with Crippen molar-refractivity contribution < 1.29 is 26.7 Å². The van der Waals surface area contributed by atoms with Gasteiger partial charge in [-0.3, -0.25) is 4.79 Å². The number of carbonyl (C=O) groups is 1. The van der Waals surface area contributed by atoms with E-state index in [1.807, 2.05) is 11.5 Å². The Labute approximate surface area is 171 Å². The van der Waals surface area contributed by atoms with E-state index in [9.17, 15) is 26.7 Å². The summed E-state index contributed by atoms with van der Waals surface area (Å²) in [4.78, 5) is 16.9. The summed E-state index contributed by atoms with van der Waals surface area (Å²) in [6.45, 7) is 3.41. The molecule has 1 unspecified atom stereocenters. The largest absolute Gasteiger partial charge is 0.395 e. The zero-order chi connectivity index (χ0) is 21.9. The van der Waals surface area contributed by atoms with Crippen LogP contribution in [-0.2, 0) is 16.8 Å². The lowest BCUT2D eigenvalue weighted by Gasteiger charge is -2.41. The number of aromatic nitrogens is 2. The van der Waals surface area contributed by atoms with Gasteiger partial charge >= 0.3 is 6.18 Å². The fourth-order valence-electron chi connectivity index (χ4n) is 4.85. The first-order chi connectivity index (χ1) is 14.0. The highest BCUT2D eigenvalue weighted by Gasteiger charge is 2.67. The van der Waals surface area contributed by atoms with Crippen LogP contribution in [0.3, 0.4) is 0 Å². The molecule has 30 heavy (non-hydrogen) atoms. The third kappa shape index (κ3) is 3.32. The number of ketones is 1. The van der Waals surface area contributed by atoms with Gasteiger partial charge in [0.2, 0.25) is 0 Å². The Morgan fingerprint density at radius 3 is 2.33 bits per heavy atom. The molecule has 0 amide bonds. The topological polar surface area (TPSA) is 34.9 Å². The number of halogens is 5. The molecule has 0 spiro atoms. The summed E-state index contributed by atoms with van der Waals surface area (Å²) in [6.07, 6.45) is -0.807. The van der Waals surface area contributed by atoms with Crippen LogP contribution >= 0.6 is 0 Å². The monoisotopic (exact) mass is 428 g/mol. The molecule has 2 saturated carbocycles. The summed E-state index contributed by atoms with van der Waals surface area (Å²) in [5.74, 6) is -2.73. The lowest BCUT2D eigenvalue weighted by Crippen LogP contribution is -2.38. The number of alkyl halides is 3. The molecule has 1 aromatic carbocycles. The predicted molar refractivity (Wildman–Crippen MR) is 102 cm³/mol. The number of rotatable bonds is 7. The standard InChI is InChI=1S/C22H25F5N2O/c1-13(21(9-10-21)22(25,26)27)18(30)5-3-6-19-28-16-11-14(23)15(24)12-17(16)29(19)20(2)7-4-8-20/h11-13H,3-10H2,1-2H3. The van der Waals surface area contributed by atoms with E-state index in [-0.39, 0.29) is 30.6 Å². The number of hydrogen-bond acceptors (Lipinski definition) is 2. The van der Waals surface area contributed by atoms with E-state index < -0.39 is 29.1 Å². The van der Waals surface area contributed by atoms with E-state index in [1.54, 1.807) is 0 Å². The van der Waals surface area contributed by atoms with Crippen molar-refractivity contribution in [3.63, 3.8) is 0 Å². The summed E-state index contributed by atoms with van der Waals surface area (Å²) < 4.78 is 69.3. The Morgan fingerprint density at radius 1 is 1.17 bits per heavy atom. The van der Waals surface area contributed by atoms with E-state index in [4.69, 9.17) is 0 Å². The van der Waals surface area contributed by atoms with Crippen LogP contribution in [0.15, 0.2) is 12.1 Å². The number of carbonyl (C=O) groups excluding carboxylic acids is 1. The van der Waals surface area contributed by atoms with Crippen molar-refractivity contribution in [2.75, 3.05) is 0 Å². The molecule has 2 aliphatic rings. The molecule has 0 saturated heterocycles. The molecule has 1 heterocycles. The molecular weight excluding hydrogens is 403 g/mol. The van der Waals surface area contributed by atoms with Crippen molar-refractivity contribution in [3.05, 3.63) is 29.6 Å². The van der Waals surface area contributed by atoms with Gasteiger partial charge < -0.3 is 4.57 Å². The molecule has 2 fully saturated rings. The van der Waals surface area contributed by atoms with E-state index in [2.05, 4.69) is 4.98 Å². The molecule has 2 aromatic rings. The summed E-state index contributed by atoms with van der Waals surface area (Å²) in [7, 11) is 0. The average molecular weight is 428 g/mol. The van der Waals surface area contributed by atoms with Crippen molar-refractivity contribution >= 4 is 16.8 Å². The van der Waals surface area contributed by atoms with Crippen LogP contribution in [0, 0.1) is 23.0 Å². The highest BCUT2D eigenvalue weighted by atomic mass is 19.4. The second-order valence-electron chi connectivity index (χ2n) is 9.16. The van der Waals surface area contributed by atoms with Crippen molar-refractivity contribution in [2.24, 2.45) is 11.3 Å². The first-order valence-electron chi connectivity index (χ1n) is 10.4. The van der Waals surface area contributed by atoms with Gasteiger partial charge in [-0.2, -0.15) is 13.2 Å². The Kier molecular flexibility index (Phi) is 4.97. The number of nitrogens with zero attached hydrogens (tertiary/aromatic N) is 2. The summed E-state index contributed by atoms with van der Waals surface area (Å²) >= 11 is 0. The van der Waals surface area contributed by atoms with Gasteiger partial charge in [-0.15, -0.1) is 0 Å². The maximum atomic E-state index is 13.9. The molecule has 3 nitrogen and oxygen atoms in total. The Bertz CT molecular complexity index is 986. The molecule has 1 atom stereocenters. The molecule has 8 heteroatoms. The highest BCUT2D eigenvalue weighted by molar-refractivity contribution is 5.82. The van der Waals surface area contributed by atoms with Crippen LogP contribution < -0.4 is 0 Å². The van der Waals surface area contributed by atoms with Crippen molar-refractivity contribution in [2.45, 2.75) is 76.9 Å². The van der Waals surface area contributed by atoms with Gasteiger partial charge in [-0.1, -0.05) is 6.92 Å². The highest BCUT2D eigenvalue weighted by Crippen LogP contribution is 2.62. The Balaban J connectivity index is 1.52. The van der Waals surface area contributed by atoms with Crippen molar-refractivity contribution in [3.8, 4) is 0 Å². The number of benzene rings is 1. The van der Waals surface area contributed by atoms with E-state index in [0.717, 1.165) is 31.4 Å². The van der Waals surface area contributed by atoms with Crippen LogP contribution in [0.5, 0.6) is 0 Å². The molecule has 0 aliphatic heterocycles. The third-order valence-electron chi connectivity index (χ3n) is 7.23. The molecule has 2 aliphatic carbocycles. The second kappa shape index (κ2) is 7.02. The quantitative estimate of drug-likeness (QED) is 0.501. The van der Waals surface area contributed by atoms with Crippen LogP contribution in [0.2, 0.25) is 0 Å². The van der Waals surface area contributed by atoms with Gasteiger partial charge in [0.15, 0.2) is 11.6 Å². The first-order valence-corrected chi connectivity index (χ1v) is 10.4. The van der Waals surface area contributed by atoms with Gasteiger partial charge in [0.1, 0.15) is 11.6 Å². The lowest BCUT2D eigenvalue weighted by atomic mass is 9.78. The Hall–Kier alpha value is -1.99. The molecule has 1 aromatic heterocycles. The number of fused-ring (bicyclic) bond motifs is 1. The van der Waals surface area contributed by atoms with E-state index in [1.165, 1.54) is 6.92 Å². The minimum atomic E-state index is -4.36. The number of aryl methyl sites for hydroxylation is 1.